The highest BCUT2D eigenvalue weighted by atomic mass is 32.2. The highest BCUT2D eigenvalue weighted by Crippen LogP contribution is 2.44. The Bertz CT molecular complexity index is 2460. The van der Waals surface area contributed by atoms with E-state index >= 15 is 0 Å². The van der Waals surface area contributed by atoms with Crippen LogP contribution in [-0.4, -0.2) is 78.0 Å². The summed E-state index contributed by atoms with van der Waals surface area (Å²) in [5.74, 6) is 1.04. The van der Waals surface area contributed by atoms with Gasteiger partial charge >= 0.3 is 0 Å². The van der Waals surface area contributed by atoms with Gasteiger partial charge in [-0.15, -0.1) is 0 Å². The standard InChI is InChI=1S/C57H66N2O7S/c1-5-6-34-58-35-37-64-54-33-26-45(38-53(54)58)41-65-55-40-59(67(60,61)52-31-24-43(2)25-32-52)39-47(56(55)46-27-29-51(30-28-46)63-36-16-17-44(3)62-4)42-66-57(48-18-10-7-11-19-48,49-20-12-8-13-21-49)50-22-14-9-15-23-50/h7-15,18-33,38,44,47,55-56H,5-6,16-17,34-37,39-42H2,1-4H3/t44-,47+,55+,56+/m1/s1. The molecule has 0 unspecified atom stereocenters. The molecule has 10 heteroatoms. The van der Waals surface area contributed by atoms with E-state index in [1.807, 2.05) is 91.9 Å². The van der Waals surface area contributed by atoms with Crippen LogP contribution in [-0.2, 0) is 36.4 Å². The third kappa shape index (κ3) is 11.3. The van der Waals surface area contributed by atoms with Crippen LogP contribution in [0.2, 0.25) is 0 Å². The van der Waals surface area contributed by atoms with Crippen LogP contribution in [0.4, 0.5) is 5.69 Å². The van der Waals surface area contributed by atoms with Gasteiger partial charge in [0.1, 0.15) is 23.7 Å². The van der Waals surface area contributed by atoms with Crippen molar-refractivity contribution in [2.24, 2.45) is 5.92 Å². The van der Waals surface area contributed by atoms with E-state index in [1.54, 1.807) is 23.5 Å². The summed E-state index contributed by atoms with van der Waals surface area (Å²) in [5.41, 5.74) is 5.99. The Kier molecular flexibility index (Phi) is 16.1. The van der Waals surface area contributed by atoms with E-state index in [0.29, 0.717) is 13.2 Å². The van der Waals surface area contributed by atoms with Crippen molar-refractivity contribution in [3.63, 3.8) is 0 Å². The van der Waals surface area contributed by atoms with E-state index in [1.165, 1.54) is 0 Å². The van der Waals surface area contributed by atoms with Gasteiger partial charge in [0.2, 0.25) is 10.0 Å². The number of piperidine rings is 1. The Labute approximate surface area is 398 Å². The summed E-state index contributed by atoms with van der Waals surface area (Å²) < 4.78 is 63.8. The van der Waals surface area contributed by atoms with E-state index in [-0.39, 0.29) is 49.1 Å². The third-order valence-electron chi connectivity index (χ3n) is 13.4. The topological polar surface area (TPSA) is 86.8 Å². The summed E-state index contributed by atoms with van der Waals surface area (Å²) in [7, 11) is -2.22. The van der Waals surface area contributed by atoms with Gasteiger partial charge in [-0.1, -0.05) is 140 Å². The Hall–Kier alpha value is -5.49. The second kappa shape index (κ2) is 22.5. The highest BCUT2D eigenvalue weighted by molar-refractivity contribution is 7.89. The van der Waals surface area contributed by atoms with Gasteiger partial charge in [0, 0.05) is 38.6 Å². The summed E-state index contributed by atoms with van der Waals surface area (Å²) in [6.07, 6.45) is 3.60. The van der Waals surface area contributed by atoms with Crippen molar-refractivity contribution in [1.29, 1.82) is 0 Å². The van der Waals surface area contributed by atoms with E-state index < -0.39 is 21.7 Å². The molecule has 4 atom stereocenters. The van der Waals surface area contributed by atoms with Crippen LogP contribution in [0.15, 0.2) is 163 Å². The van der Waals surface area contributed by atoms with Crippen molar-refractivity contribution < 1.29 is 32.1 Å². The van der Waals surface area contributed by atoms with Gasteiger partial charge in [-0.2, -0.15) is 4.31 Å². The van der Waals surface area contributed by atoms with Gasteiger partial charge in [0.15, 0.2) is 0 Å². The van der Waals surface area contributed by atoms with Crippen LogP contribution in [0.25, 0.3) is 0 Å². The molecular weight excluding hydrogens is 857 g/mol. The molecular formula is C57H66N2O7S. The molecule has 0 saturated carbocycles. The minimum atomic E-state index is -3.95. The molecule has 6 aromatic carbocycles. The Morgan fingerprint density at radius 2 is 1.42 bits per heavy atom. The number of sulfonamides is 1. The first-order chi connectivity index (χ1) is 32.7. The molecule has 0 aliphatic carbocycles. The number of hydrogen-bond acceptors (Lipinski definition) is 8. The van der Waals surface area contributed by atoms with Crippen molar-refractivity contribution in [3.8, 4) is 11.5 Å². The highest BCUT2D eigenvalue weighted by Gasteiger charge is 2.46. The lowest BCUT2D eigenvalue weighted by atomic mass is 9.78. The minimum absolute atomic E-state index is 0.158. The molecule has 6 aromatic rings. The Morgan fingerprint density at radius 3 is 2.03 bits per heavy atom. The van der Waals surface area contributed by atoms with Crippen LogP contribution < -0.4 is 14.4 Å². The molecule has 9 nitrogen and oxygen atoms in total. The van der Waals surface area contributed by atoms with Crippen LogP contribution in [0, 0.1) is 12.8 Å². The van der Waals surface area contributed by atoms with Gasteiger partial charge in [-0.25, -0.2) is 8.42 Å². The zero-order valence-electron chi connectivity index (χ0n) is 39.5. The average Bonchev–Trinajstić information content (AvgIpc) is 3.37. The molecule has 0 radical (unpaired) electrons. The molecule has 2 aliphatic rings. The molecule has 0 aromatic heterocycles. The lowest BCUT2D eigenvalue weighted by Crippen LogP contribution is -2.53. The fourth-order valence-corrected chi connectivity index (χ4v) is 11.1. The van der Waals surface area contributed by atoms with Crippen LogP contribution in [0.3, 0.4) is 0 Å². The second-order valence-electron chi connectivity index (χ2n) is 18.0. The van der Waals surface area contributed by atoms with E-state index in [2.05, 4.69) is 79.4 Å². The maximum absolute atomic E-state index is 14.9. The normalized spacial score (nSPS) is 18.2. The molecule has 2 aliphatic heterocycles. The Balaban J connectivity index is 1.20. The number of ether oxygens (including phenoxy) is 5. The molecule has 0 spiro atoms. The van der Waals surface area contributed by atoms with Gasteiger partial charge < -0.3 is 28.6 Å². The number of methoxy groups -OCH3 is 1. The molecule has 1 saturated heterocycles. The monoisotopic (exact) mass is 922 g/mol. The second-order valence-corrected chi connectivity index (χ2v) is 19.9. The molecule has 0 N–H and O–H groups in total. The molecule has 0 bridgehead atoms. The van der Waals surface area contributed by atoms with Crippen molar-refractivity contribution in [2.75, 3.05) is 58.0 Å². The molecule has 0 amide bonds. The van der Waals surface area contributed by atoms with Crippen molar-refractivity contribution in [3.05, 3.63) is 191 Å². The van der Waals surface area contributed by atoms with E-state index in [9.17, 15) is 8.42 Å². The summed E-state index contributed by atoms with van der Waals surface area (Å²) in [5, 5.41) is 0. The number of fused-ring (bicyclic) bond motifs is 1. The number of hydrogen-bond donors (Lipinski definition) is 0. The molecule has 67 heavy (non-hydrogen) atoms. The molecule has 2 heterocycles. The summed E-state index contributed by atoms with van der Waals surface area (Å²) >= 11 is 0. The quantitative estimate of drug-likeness (QED) is 0.0521. The first-order valence-electron chi connectivity index (χ1n) is 23.9. The van der Waals surface area contributed by atoms with Crippen LogP contribution in [0.5, 0.6) is 11.5 Å². The number of nitrogens with zero attached hydrogens (tertiary/aromatic N) is 2. The Morgan fingerprint density at radius 1 is 0.776 bits per heavy atom. The first-order valence-corrected chi connectivity index (χ1v) is 25.4. The number of benzene rings is 6. The zero-order valence-corrected chi connectivity index (χ0v) is 40.3. The molecule has 8 rings (SSSR count). The van der Waals surface area contributed by atoms with Gasteiger partial charge in [-0.05, 0) is 97.3 Å². The lowest BCUT2D eigenvalue weighted by Gasteiger charge is -2.45. The number of anilines is 1. The number of unbranched alkanes of at least 4 members (excludes halogenated alkanes) is 1. The van der Waals surface area contributed by atoms with Gasteiger partial charge in [0.25, 0.3) is 0 Å². The average molecular weight is 923 g/mol. The summed E-state index contributed by atoms with van der Waals surface area (Å²) in [4.78, 5) is 2.66. The van der Waals surface area contributed by atoms with E-state index in [0.717, 1.165) is 89.3 Å². The summed E-state index contributed by atoms with van der Waals surface area (Å²) in [6, 6.07) is 52.7. The number of rotatable bonds is 21. The largest absolute Gasteiger partial charge is 0.494 e. The third-order valence-corrected chi connectivity index (χ3v) is 15.2. The SMILES string of the molecule is CCCCN1CCOc2ccc(CO[C@H]3CN(S(=O)(=O)c4ccc(C)cc4)C[C@@H](COC(c4ccccc4)(c4ccccc4)c4ccccc4)[C@@H]3c3ccc(OCCC[C@@H](C)OC)cc3)cc21. The minimum Gasteiger partial charge on any atom is -0.494 e. The maximum Gasteiger partial charge on any atom is 0.243 e. The smallest absolute Gasteiger partial charge is 0.243 e. The first kappa shape index (κ1) is 48.0. The number of aryl methyl sites for hydroxylation is 1. The zero-order chi connectivity index (χ0) is 46.6. The molecule has 352 valence electrons. The van der Waals surface area contributed by atoms with Crippen LogP contribution in [0.1, 0.15) is 78.8 Å². The molecule has 1 fully saturated rings. The van der Waals surface area contributed by atoms with Crippen molar-refractivity contribution >= 4 is 15.7 Å². The predicted molar refractivity (Wildman–Crippen MR) is 267 cm³/mol. The lowest BCUT2D eigenvalue weighted by molar-refractivity contribution is -0.0667. The fraction of sp³-hybridized carbons (Fsp3) is 0.368. The van der Waals surface area contributed by atoms with Crippen LogP contribution >= 0.6 is 0 Å². The van der Waals surface area contributed by atoms with Gasteiger partial charge in [0.05, 0.1) is 49.2 Å². The predicted octanol–water partition coefficient (Wildman–Crippen LogP) is 11.2. The fourth-order valence-electron chi connectivity index (χ4n) is 9.58. The van der Waals surface area contributed by atoms with Gasteiger partial charge in [-0.3, -0.25) is 0 Å². The maximum atomic E-state index is 14.9. The summed E-state index contributed by atoms with van der Waals surface area (Å²) in [6.45, 7) is 10.1. The van der Waals surface area contributed by atoms with Crippen molar-refractivity contribution in [2.45, 2.75) is 81.7 Å². The van der Waals surface area contributed by atoms with Crippen molar-refractivity contribution in [1.82, 2.24) is 4.31 Å². The van der Waals surface area contributed by atoms with E-state index in [4.69, 9.17) is 23.7 Å².